The number of ether oxygens (including phenoxy) is 1. The number of esters is 1. The lowest BCUT2D eigenvalue weighted by molar-refractivity contribution is -0.140. The molecule has 0 heterocycles. The van der Waals surface area contributed by atoms with E-state index >= 15 is 0 Å². The molecule has 0 spiro atoms. The molecule has 13 heavy (non-hydrogen) atoms. The fourth-order valence-corrected chi connectivity index (χ4v) is 2.70. The van der Waals surface area contributed by atoms with Crippen LogP contribution in [-0.4, -0.2) is 13.1 Å². The standard InChI is InChI=1S/C11H16O2/c1-11(2)7-4-5-8(9(11)6-7)10(12)13-3/h5,7,9H,4,6H2,1-3H3/t7-,9-/m1/s1. The maximum atomic E-state index is 11.4. The van der Waals surface area contributed by atoms with Gasteiger partial charge in [-0.1, -0.05) is 19.9 Å². The van der Waals surface area contributed by atoms with Crippen LogP contribution in [0.1, 0.15) is 26.7 Å². The summed E-state index contributed by atoms with van der Waals surface area (Å²) in [5.41, 5.74) is 1.23. The minimum absolute atomic E-state index is 0.128. The molecule has 0 amide bonds. The Kier molecular flexibility index (Phi) is 1.76. The van der Waals surface area contributed by atoms with Gasteiger partial charge in [-0.05, 0) is 30.1 Å². The van der Waals surface area contributed by atoms with Crippen LogP contribution in [0.3, 0.4) is 0 Å². The van der Waals surface area contributed by atoms with Gasteiger partial charge in [0.15, 0.2) is 0 Å². The van der Waals surface area contributed by atoms with Gasteiger partial charge in [0.05, 0.1) is 7.11 Å². The van der Waals surface area contributed by atoms with E-state index in [1.54, 1.807) is 0 Å². The van der Waals surface area contributed by atoms with Gasteiger partial charge in [0.2, 0.25) is 0 Å². The van der Waals surface area contributed by atoms with Gasteiger partial charge in [0, 0.05) is 5.57 Å². The van der Waals surface area contributed by atoms with Crippen molar-refractivity contribution in [2.24, 2.45) is 17.3 Å². The lowest BCUT2D eigenvalue weighted by atomic mass is 9.49. The van der Waals surface area contributed by atoms with E-state index in [2.05, 4.69) is 19.9 Å². The summed E-state index contributed by atoms with van der Waals surface area (Å²) < 4.78 is 4.77. The molecule has 0 aromatic carbocycles. The van der Waals surface area contributed by atoms with Crippen LogP contribution in [0.4, 0.5) is 0 Å². The molecule has 0 aromatic rings. The van der Waals surface area contributed by atoms with Crippen LogP contribution in [0.25, 0.3) is 0 Å². The smallest absolute Gasteiger partial charge is 0.333 e. The molecule has 0 saturated heterocycles. The quantitative estimate of drug-likeness (QED) is 0.578. The van der Waals surface area contributed by atoms with Gasteiger partial charge < -0.3 is 4.74 Å². The van der Waals surface area contributed by atoms with Crippen molar-refractivity contribution in [1.29, 1.82) is 0 Å². The van der Waals surface area contributed by atoms with Gasteiger partial charge in [0.25, 0.3) is 0 Å². The van der Waals surface area contributed by atoms with Crippen molar-refractivity contribution in [3.05, 3.63) is 11.6 Å². The maximum Gasteiger partial charge on any atom is 0.333 e. The minimum atomic E-state index is -0.128. The van der Waals surface area contributed by atoms with E-state index in [1.807, 2.05) is 0 Å². The van der Waals surface area contributed by atoms with E-state index in [9.17, 15) is 4.79 Å². The van der Waals surface area contributed by atoms with Gasteiger partial charge in [-0.3, -0.25) is 0 Å². The zero-order chi connectivity index (χ0) is 9.64. The second-order valence-corrected chi connectivity index (χ2v) is 4.69. The summed E-state index contributed by atoms with van der Waals surface area (Å²) in [5, 5.41) is 0. The highest BCUT2D eigenvalue weighted by Crippen LogP contribution is 2.59. The van der Waals surface area contributed by atoms with Crippen LogP contribution < -0.4 is 0 Å². The SMILES string of the molecule is COC(=O)C1=CC[C@@H]2C[C@H]1C2(C)C. The molecular weight excluding hydrogens is 164 g/mol. The third-order valence-corrected chi connectivity index (χ3v) is 3.89. The Morgan fingerprint density at radius 3 is 2.77 bits per heavy atom. The molecule has 2 atom stereocenters. The number of rotatable bonds is 1. The molecule has 2 heteroatoms. The van der Waals surface area contributed by atoms with Crippen LogP contribution in [-0.2, 0) is 9.53 Å². The van der Waals surface area contributed by atoms with Crippen LogP contribution in [0.15, 0.2) is 11.6 Å². The summed E-state index contributed by atoms with van der Waals surface area (Å²) in [4.78, 5) is 11.4. The van der Waals surface area contributed by atoms with Crippen molar-refractivity contribution in [2.75, 3.05) is 7.11 Å². The van der Waals surface area contributed by atoms with E-state index in [0.29, 0.717) is 11.3 Å². The molecule has 72 valence electrons. The van der Waals surface area contributed by atoms with Gasteiger partial charge in [-0.2, -0.15) is 0 Å². The molecule has 0 radical (unpaired) electrons. The first kappa shape index (κ1) is 8.79. The van der Waals surface area contributed by atoms with Crippen molar-refractivity contribution in [1.82, 2.24) is 0 Å². The van der Waals surface area contributed by atoms with Crippen LogP contribution in [0, 0.1) is 17.3 Å². The largest absolute Gasteiger partial charge is 0.466 e. The van der Waals surface area contributed by atoms with E-state index < -0.39 is 0 Å². The van der Waals surface area contributed by atoms with Crippen molar-refractivity contribution in [3.8, 4) is 0 Å². The Bertz CT molecular complexity index is 276. The molecule has 0 aliphatic heterocycles. The molecular formula is C11H16O2. The highest BCUT2D eigenvalue weighted by Gasteiger charge is 2.52. The number of fused-ring (bicyclic) bond motifs is 1. The highest BCUT2D eigenvalue weighted by molar-refractivity contribution is 5.89. The second kappa shape index (κ2) is 2.60. The number of hydrogen-bond donors (Lipinski definition) is 0. The molecule has 3 aliphatic rings. The lowest BCUT2D eigenvalue weighted by Crippen LogP contribution is -2.49. The molecule has 3 rings (SSSR count). The number of carbonyl (C=O) groups excluding carboxylic acids is 1. The molecule has 2 bridgehead atoms. The van der Waals surface area contributed by atoms with Crippen molar-refractivity contribution < 1.29 is 9.53 Å². The summed E-state index contributed by atoms with van der Waals surface area (Å²) in [6.45, 7) is 4.50. The maximum absolute atomic E-state index is 11.4. The van der Waals surface area contributed by atoms with E-state index in [1.165, 1.54) is 13.5 Å². The van der Waals surface area contributed by atoms with Crippen LogP contribution in [0.2, 0.25) is 0 Å². The van der Waals surface area contributed by atoms with E-state index in [4.69, 9.17) is 4.74 Å². The monoisotopic (exact) mass is 180 g/mol. The summed E-state index contributed by atoms with van der Waals surface area (Å²) in [6.07, 6.45) is 4.29. The van der Waals surface area contributed by atoms with Crippen molar-refractivity contribution in [3.63, 3.8) is 0 Å². The van der Waals surface area contributed by atoms with E-state index in [-0.39, 0.29) is 5.97 Å². The summed E-state index contributed by atoms with van der Waals surface area (Å²) in [6, 6.07) is 0. The molecule has 1 fully saturated rings. The average molecular weight is 180 g/mol. The highest BCUT2D eigenvalue weighted by atomic mass is 16.5. The Labute approximate surface area is 79.0 Å². The summed E-state index contributed by atoms with van der Waals surface area (Å²) >= 11 is 0. The molecule has 3 aliphatic carbocycles. The van der Waals surface area contributed by atoms with Gasteiger partial charge >= 0.3 is 5.97 Å². The molecule has 2 nitrogen and oxygen atoms in total. The Balaban J connectivity index is 2.23. The van der Waals surface area contributed by atoms with Gasteiger partial charge in [-0.25, -0.2) is 4.79 Å². The molecule has 0 aromatic heterocycles. The third-order valence-electron chi connectivity index (χ3n) is 3.89. The molecule has 0 N–H and O–H groups in total. The minimum Gasteiger partial charge on any atom is -0.466 e. The third kappa shape index (κ3) is 1.04. The van der Waals surface area contributed by atoms with Crippen molar-refractivity contribution >= 4 is 5.97 Å². The number of allylic oxidation sites excluding steroid dienone is 1. The Morgan fingerprint density at radius 1 is 1.62 bits per heavy atom. The average Bonchev–Trinajstić information content (AvgIpc) is 2.16. The Hall–Kier alpha value is -0.790. The molecule has 0 unspecified atom stereocenters. The molecule has 1 saturated carbocycles. The summed E-state index contributed by atoms with van der Waals surface area (Å²) in [5.74, 6) is 1.10. The first-order valence-corrected chi connectivity index (χ1v) is 4.85. The first-order valence-electron chi connectivity index (χ1n) is 4.85. The zero-order valence-electron chi connectivity index (χ0n) is 8.46. The predicted octanol–water partition coefficient (Wildman–Crippen LogP) is 2.15. The zero-order valence-corrected chi connectivity index (χ0v) is 8.46. The van der Waals surface area contributed by atoms with Gasteiger partial charge in [0.1, 0.15) is 0 Å². The van der Waals surface area contributed by atoms with Crippen LogP contribution >= 0.6 is 0 Å². The Morgan fingerprint density at radius 2 is 2.31 bits per heavy atom. The van der Waals surface area contributed by atoms with E-state index in [0.717, 1.165) is 17.9 Å². The van der Waals surface area contributed by atoms with Gasteiger partial charge in [-0.15, -0.1) is 0 Å². The first-order chi connectivity index (χ1) is 6.07. The van der Waals surface area contributed by atoms with Crippen LogP contribution in [0.5, 0.6) is 0 Å². The van der Waals surface area contributed by atoms with Crippen molar-refractivity contribution in [2.45, 2.75) is 26.7 Å². The topological polar surface area (TPSA) is 26.3 Å². The predicted molar refractivity (Wildman–Crippen MR) is 50.1 cm³/mol. The number of hydrogen-bond acceptors (Lipinski definition) is 2. The fourth-order valence-electron chi connectivity index (χ4n) is 2.70. The number of methoxy groups -OCH3 is 1. The normalized spacial score (nSPS) is 34.5. The lowest BCUT2D eigenvalue weighted by Gasteiger charge is -2.55. The number of carbonyl (C=O) groups is 1. The fraction of sp³-hybridized carbons (Fsp3) is 0.727. The summed E-state index contributed by atoms with van der Waals surface area (Å²) in [7, 11) is 1.46. The second-order valence-electron chi connectivity index (χ2n) is 4.69.